The van der Waals surface area contributed by atoms with Crippen molar-refractivity contribution in [3.63, 3.8) is 0 Å². The lowest BCUT2D eigenvalue weighted by molar-refractivity contribution is 0.0920. The van der Waals surface area contributed by atoms with Gasteiger partial charge in [0.25, 0.3) is 5.91 Å². The molecule has 1 amide bonds. The van der Waals surface area contributed by atoms with Crippen molar-refractivity contribution >= 4 is 29.8 Å². The molecule has 0 bridgehead atoms. The number of hydrogen-bond donors (Lipinski definition) is 2. The number of nitrogens with zero attached hydrogens (tertiary/aromatic N) is 2. The first-order valence-corrected chi connectivity index (χ1v) is 5.93. The highest BCUT2D eigenvalue weighted by Gasteiger charge is 2.21. The Hall–Kier alpha value is -0.720. The van der Waals surface area contributed by atoms with E-state index in [1.807, 2.05) is 0 Å². The smallest absolute Gasteiger partial charge is 0.272 e. The van der Waals surface area contributed by atoms with Crippen molar-refractivity contribution in [1.82, 2.24) is 14.9 Å². The minimum absolute atomic E-state index is 0. The SMILES string of the molecule is Cl.NC1CCCC(NC(=O)c2csnn2)C1. The minimum Gasteiger partial charge on any atom is -0.348 e. The molecular formula is C9H15ClN4OS. The predicted octanol–water partition coefficient (Wildman–Crippen LogP) is 0.960. The number of nitrogens with one attached hydrogen (secondary N) is 1. The fraction of sp³-hybridized carbons (Fsp3) is 0.667. The van der Waals surface area contributed by atoms with Crippen molar-refractivity contribution < 1.29 is 4.79 Å². The van der Waals surface area contributed by atoms with E-state index in [-0.39, 0.29) is 30.4 Å². The molecule has 1 aliphatic carbocycles. The quantitative estimate of drug-likeness (QED) is 0.832. The lowest BCUT2D eigenvalue weighted by Crippen LogP contribution is -2.42. The third kappa shape index (κ3) is 3.40. The van der Waals surface area contributed by atoms with E-state index in [1.165, 1.54) is 11.5 Å². The van der Waals surface area contributed by atoms with Crippen LogP contribution < -0.4 is 11.1 Å². The summed E-state index contributed by atoms with van der Waals surface area (Å²) < 4.78 is 3.66. The third-order valence-electron chi connectivity index (χ3n) is 2.64. The van der Waals surface area contributed by atoms with Crippen LogP contribution >= 0.6 is 23.9 Å². The topological polar surface area (TPSA) is 80.9 Å². The van der Waals surface area contributed by atoms with Gasteiger partial charge in [0.05, 0.1) is 0 Å². The summed E-state index contributed by atoms with van der Waals surface area (Å²) in [5.74, 6) is -0.136. The molecular weight excluding hydrogens is 248 g/mol. The van der Waals surface area contributed by atoms with Crippen molar-refractivity contribution in [2.75, 3.05) is 0 Å². The lowest BCUT2D eigenvalue weighted by Gasteiger charge is -2.26. The van der Waals surface area contributed by atoms with Crippen molar-refractivity contribution in [2.45, 2.75) is 37.8 Å². The zero-order valence-electron chi connectivity index (χ0n) is 8.76. The summed E-state index contributed by atoms with van der Waals surface area (Å²) >= 11 is 1.18. The van der Waals surface area contributed by atoms with E-state index in [1.54, 1.807) is 5.38 Å². The summed E-state index contributed by atoms with van der Waals surface area (Å²) in [6.45, 7) is 0. The van der Waals surface area contributed by atoms with Gasteiger partial charge in [-0.15, -0.1) is 17.5 Å². The van der Waals surface area contributed by atoms with Gasteiger partial charge in [-0.05, 0) is 37.2 Å². The average Bonchev–Trinajstić information content (AvgIpc) is 2.70. The van der Waals surface area contributed by atoms with Crippen LogP contribution in [0.15, 0.2) is 5.38 Å². The molecule has 1 heterocycles. The summed E-state index contributed by atoms with van der Waals surface area (Å²) in [5.41, 5.74) is 6.24. The molecule has 0 radical (unpaired) electrons. The van der Waals surface area contributed by atoms with Gasteiger partial charge in [-0.2, -0.15) is 0 Å². The Morgan fingerprint density at radius 3 is 3.00 bits per heavy atom. The molecule has 1 aliphatic rings. The Balaban J connectivity index is 0.00000128. The maximum Gasteiger partial charge on any atom is 0.272 e. The molecule has 1 fully saturated rings. The Morgan fingerprint density at radius 2 is 2.38 bits per heavy atom. The van der Waals surface area contributed by atoms with E-state index in [4.69, 9.17) is 5.73 Å². The van der Waals surface area contributed by atoms with Gasteiger partial charge in [0.15, 0.2) is 5.69 Å². The maximum absolute atomic E-state index is 11.6. The van der Waals surface area contributed by atoms with Crippen LogP contribution in [0, 0.1) is 0 Å². The molecule has 0 aromatic carbocycles. The maximum atomic E-state index is 11.6. The molecule has 7 heteroatoms. The molecule has 1 aromatic rings. The van der Waals surface area contributed by atoms with Gasteiger partial charge in [0.1, 0.15) is 0 Å². The zero-order valence-corrected chi connectivity index (χ0v) is 10.4. The molecule has 0 aliphatic heterocycles. The Labute approximate surface area is 104 Å². The van der Waals surface area contributed by atoms with Gasteiger partial charge < -0.3 is 11.1 Å². The van der Waals surface area contributed by atoms with E-state index in [9.17, 15) is 4.79 Å². The third-order valence-corrected chi connectivity index (χ3v) is 3.15. The van der Waals surface area contributed by atoms with Crippen LogP contribution in [0.25, 0.3) is 0 Å². The number of amides is 1. The Bertz CT molecular complexity index is 332. The summed E-state index contributed by atoms with van der Waals surface area (Å²) in [7, 11) is 0. The van der Waals surface area contributed by atoms with Gasteiger partial charge in [-0.25, -0.2) is 0 Å². The summed E-state index contributed by atoms with van der Waals surface area (Å²) in [6, 6.07) is 0.417. The van der Waals surface area contributed by atoms with Crippen LogP contribution in [-0.2, 0) is 0 Å². The fourth-order valence-electron chi connectivity index (χ4n) is 1.88. The first-order valence-electron chi connectivity index (χ1n) is 5.09. The number of carbonyl (C=O) groups is 1. The van der Waals surface area contributed by atoms with Gasteiger partial charge in [0.2, 0.25) is 0 Å². The van der Waals surface area contributed by atoms with Crippen molar-refractivity contribution in [2.24, 2.45) is 5.73 Å². The van der Waals surface area contributed by atoms with Crippen LogP contribution in [0.1, 0.15) is 36.2 Å². The molecule has 1 saturated carbocycles. The van der Waals surface area contributed by atoms with Crippen LogP contribution in [0.3, 0.4) is 0 Å². The second kappa shape index (κ2) is 6.12. The van der Waals surface area contributed by atoms with Gasteiger partial charge in [-0.3, -0.25) is 4.79 Å². The van der Waals surface area contributed by atoms with Gasteiger partial charge in [-0.1, -0.05) is 4.49 Å². The Morgan fingerprint density at radius 1 is 1.56 bits per heavy atom. The second-order valence-corrected chi connectivity index (χ2v) is 4.50. The highest BCUT2D eigenvalue weighted by Crippen LogP contribution is 2.17. The van der Waals surface area contributed by atoms with Crippen LogP contribution in [-0.4, -0.2) is 27.6 Å². The minimum atomic E-state index is -0.136. The first kappa shape index (κ1) is 13.3. The molecule has 2 unspecified atom stereocenters. The van der Waals surface area contributed by atoms with Crippen LogP contribution in [0.5, 0.6) is 0 Å². The van der Waals surface area contributed by atoms with E-state index < -0.39 is 0 Å². The highest BCUT2D eigenvalue weighted by atomic mass is 35.5. The molecule has 16 heavy (non-hydrogen) atoms. The van der Waals surface area contributed by atoms with Crippen molar-refractivity contribution in [3.05, 3.63) is 11.1 Å². The predicted molar refractivity (Wildman–Crippen MR) is 64.9 cm³/mol. The first-order chi connectivity index (χ1) is 7.25. The number of rotatable bonds is 2. The normalized spacial score (nSPS) is 24.6. The molecule has 1 aromatic heterocycles. The number of aromatic nitrogens is 2. The largest absolute Gasteiger partial charge is 0.348 e. The summed E-state index contributed by atoms with van der Waals surface area (Å²) in [4.78, 5) is 11.6. The lowest BCUT2D eigenvalue weighted by atomic mass is 9.91. The van der Waals surface area contributed by atoms with E-state index in [0.717, 1.165) is 25.7 Å². The summed E-state index contributed by atoms with van der Waals surface area (Å²) in [5, 5.41) is 8.31. The average molecular weight is 263 g/mol. The highest BCUT2D eigenvalue weighted by molar-refractivity contribution is 7.03. The van der Waals surface area contributed by atoms with Crippen molar-refractivity contribution in [1.29, 1.82) is 0 Å². The fourth-order valence-corrected chi connectivity index (χ4v) is 2.32. The van der Waals surface area contributed by atoms with E-state index in [0.29, 0.717) is 5.69 Å². The van der Waals surface area contributed by atoms with E-state index in [2.05, 4.69) is 14.9 Å². The van der Waals surface area contributed by atoms with Crippen LogP contribution in [0.4, 0.5) is 0 Å². The monoisotopic (exact) mass is 262 g/mol. The zero-order chi connectivity index (χ0) is 10.7. The molecule has 2 atom stereocenters. The Kier molecular flexibility index (Phi) is 5.11. The molecule has 0 saturated heterocycles. The summed E-state index contributed by atoms with van der Waals surface area (Å²) in [6.07, 6.45) is 4.02. The van der Waals surface area contributed by atoms with Gasteiger partial charge in [0, 0.05) is 17.5 Å². The molecule has 90 valence electrons. The molecule has 5 nitrogen and oxygen atoms in total. The standard InChI is InChI=1S/C9H14N4OS.ClH/c10-6-2-1-3-7(4-6)11-9(14)8-5-15-13-12-8;/h5-7H,1-4,10H2,(H,11,14);1H. The number of carbonyl (C=O) groups excluding carboxylic acids is 1. The van der Waals surface area contributed by atoms with Crippen molar-refractivity contribution in [3.8, 4) is 0 Å². The molecule has 0 spiro atoms. The van der Waals surface area contributed by atoms with Crippen LogP contribution in [0.2, 0.25) is 0 Å². The molecule has 2 rings (SSSR count). The van der Waals surface area contributed by atoms with Gasteiger partial charge >= 0.3 is 0 Å². The second-order valence-electron chi connectivity index (χ2n) is 3.89. The number of halogens is 1. The number of hydrogen-bond acceptors (Lipinski definition) is 5. The number of nitrogens with two attached hydrogens (primary N) is 1. The molecule has 3 N–H and O–H groups in total. The van der Waals surface area contributed by atoms with E-state index >= 15 is 0 Å².